The van der Waals surface area contributed by atoms with Crippen LogP contribution in [0.15, 0.2) is 6.20 Å². The van der Waals surface area contributed by atoms with Gasteiger partial charge >= 0.3 is 5.69 Å². The first-order valence-electron chi connectivity index (χ1n) is 5.70. The summed E-state index contributed by atoms with van der Waals surface area (Å²) in [6, 6.07) is 0. The largest absolute Gasteiger partial charge is 0.394 e. The van der Waals surface area contributed by atoms with Crippen molar-refractivity contribution in [1.29, 1.82) is 0 Å². The third-order valence-electron chi connectivity index (χ3n) is 3.07. The quantitative estimate of drug-likeness (QED) is 0.483. The lowest BCUT2D eigenvalue weighted by Gasteiger charge is -2.36. The molecule has 0 spiro atoms. The highest BCUT2D eigenvalue weighted by Gasteiger charge is 2.34. The smallest absolute Gasteiger partial charge is 0.329 e. The molecule has 9 heteroatoms. The van der Waals surface area contributed by atoms with Crippen LogP contribution in [-0.4, -0.2) is 45.4 Å². The molecule has 104 valence electrons. The molecular formula is C10H13ClN4O4. The summed E-state index contributed by atoms with van der Waals surface area (Å²) in [7, 11) is 0. The highest BCUT2D eigenvalue weighted by Crippen LogP contribution is 2.30. The second kappa shape index (κ2) is 5.64. The lowest BCUT2D eigenvalue weighted by Crippen LogP contribution is -2.47. The van der Waals surface area contributed by atoms with Crippen molar-refractivity contribution >= 4 is 23.1 Å². The van der Waals surface area contributed by atoms with Gasteiger partial charge in [0.25, 0.3) is 0 Å². The average Bonchev–Trinajstić information content (AvgIpc) is 2.39. The maximum absolute atomic E-state index is 10.9. The van der Waals surface area contributed by atoms with E-state index >= 15 is 0 Å². The molecule has 0 atom stereocenters. The van der Waals surface area contributed by atoms with Gasteiger partial charge in [0.15, 0.2) is 0 Å². The fraction of sp³-hybridized carbons (Fsp3) is 0.600. The molecule has 19 heavy (non-hydrogen) atoms. The molecule has 1 aliphatic rings. The fourth-order valence-corrected chi connectivity index (χ4v) is 2.05. The third-order valence-corrected chi connectivity index (χ3v) is 3.25. The Hall–Kier alpha value is -1.51. The summed E-state index contributed by atoms with van der Waals surface area (Å²) in [5, 5.41) is 23.3. The summed E-state index contributed by atoms with van der Waals surface area (Å²) in [4.78, 5) is 17.7. The number of anilines is 1. The first kappa shape index (κ1) is 13.9. The van der Waals surface area contributed by atoms with Gasteiger partial charge in [0.2, 0.25) is 11.1 Å². The van der Waals surface area contributed by atoms with E-state index in [2.05, 4.69) is 15.3 Å². The van der Waals surface area contributed by atoms with Gasteiger partial charge in [-0.05, 0) is 24.4 Å². The topological polar surface area (TPSA) is 110 Å². The highest BCUT2D eigenvalue weighted by molar-refractivity contribution is 6.28. The number of aliphatic hydroxyl groups excluding tert-OH is 1. The van der Waals surface area contributed by atoms with E-state index in [-0.39, 0.29) is 23.4 Å². The summed E-state index contributed by atoms with van der Waals surface area (Å²) >= 11 is 5.66. The maximum atomic E-state index is 10.9. The fourth-order valence-electron chi connectivity index (χ4n) is 1.92. The first-order chi connectivity index (χ1) is 9.06. The Morgan fingerprint density at radius 3 is 2.84 bits per heavy atom. The molecule has 2 rings (SSSR count). The second-order valence-corrected chi connectivity index (χ2v) is 4.64. The molecule has 1 aliphatic heterocycles. The monoisotopic (exact) mass is 288 g/mol. The molecule has 1 aromatic heterocycles. The van der Waals surface area contributed by atoms with Gasteiger partial charge in [-0.2, -0.15) is 4.98 Å². The van der Waals surface area contributed by atoms with Crippen molar-refractivity contribution in [2.24, 2.45) is 0 Å². The Balaban J connectivity index is 2.30. The molecule has 1 saturated heterocycles. The number of halogens is 1. The molecule has 0 aromatic carbocycles. The summed E-state index contributed by atoms with van der Waals surface area (Å²) in [6.07, 6.45) is 2.10. The SMILES string of the molecule is O=[N+]([O-])c1cnc(Cl)nc1NC1(CO)CCOCC1. The minimum absolute atomic E-state index is 0.0148. The lowest BCUT2D eigenvalue weighted by atomic mass is 9.91. The molecule has 0 amide bonds. The molecule has 8 nitrogen and oxygen atoms in total. The van der Waals surface area contributed by atoms with Gasteiger partial charge < -0.3 is 15.2 Å². The van der Waals surface area contributed by atoms with Crippen molar-refractivity contribution in [3.8, 4) is 0 Å². The van der Waals surface area contributed by atoms with E-state index in [1.807, 2.05) is 0 Å². The molecule has 1 fully saturated rings. The van der Waals surface area contributed by atoms with Crippen LogP contribution in [0.2, 0.25) is 5.28 Å². The van der Waals surface area contributed by atoms with Crippen molar-refractivity contribution in [3.63, 3.8) is 0 Å². The van der Waals surface area contributed by atoms with E-state index in [1.54, 1.807) is 0 Å². The molecule has 0 saturated carbocycles. The minimum Gasteiger partial charge on any atom is -0.394 e. The molecule has 0 unspecified atom stereocenters. The first-order valence-corrected chi connectivity index (χ1v) is 6.08. The van der Waals surface area contributed by atoms with Crippen LogP contribution in [0.4, 0.5) is 11.5 Å². The standard InChI is InChI=1S/C10H13ClN4O4/c11-9-12-5-7(15(17)18)8(13-9)14-10(6-16)1-3-19-4-2-10/h5,16H,1-4,6H2,(H,12,13,14). The van der Waals surface area contributed by atoms with Crippen LogP contribution in [-0.2, 0) is 4.74 Å². The number of rotatable bonds is 4. The minimum atomic E-state index is -0.680. The van der Waals surface area contributed by atoms with Crippen molar-refractivity contribution in [3.05, 3.63) is 21.6 Å². The van der Waals surface area contributed by atoms with Crippen LogP contribution in [0.25, 0.3) is 0 Å². The average molecular weight is 289 g/mol. The van der Waals surface area contributed by atoms with E-state index in [1.165, 1.54) is 0 Å². The Morgan fingerprint density at radius 2 is 2.26 bits per heavy atom. The van der Waals surface area contributed by atoms with Crippen LogP contribution in [0.3, 0.4) is 0 Å². The van der Waals surface area contributed by atoms with E-state index in [0.717, 1.165) is 6.20 Å². The van der Waals surface area contributed by atoms with E-state index in [9.17, 15) is 15.2 Å². The number of hydrogen-bond acceptors (Lipinski definition) is 7. The van der Waals surface area contributed by atoms with Crippen LogP contribution < -0.4 is 5.32 Å². The molecule has 0 radical (unpaired) electrons. The number of nitro groups is 1. The Bertz CT molecular complexity index is 479. The maximum Gasteiger partial charge on any atom is 0.329 e. The number of aromatic nitrogens is 2. The molecule has 0 bridgehead atoms. The van der Waals surface area contributed by atoms with Crippen LogP contribution in [0, 0.1) is 10.1 Å². The zero-order valence-corrected chi connectivity index (χ0v) is 10.8. The van der Waals surface area contributed by atoms with Crippen molar-refractivity contribution in [1.82, 2.24) is 9.97 Å². The van der Waals surface area contributed by atoms with E-state index in [4.69, 9.17) is 16.3 Å². The Kier molecular flexibility index (Phi) is 4.13. The summed E-state index contributed by atoms with van der Waals surface area (Å²) in [6.45, 7) is 0.773. The number of hydrogen-bond donors (Lipinski definition) is 2. The number of aliphatic hydroxyl groups is 1. The lowest BCUT2D eigenvalue weighted by molar-refractivity contribution is -0.384. The highest BCUT2D eigenvalue weighted by atomic mass is 35.5. The van der Waals surface area contributed by atoms with Gasteiger partial charge in [-0.25, -0.2) is 4.98 Å². The molecule has 2 heterocycles. The van der Waals surface area contributed by atoms with Crippen LogP contribution in [0.1, 0.15) is 12.8 Å². The number of nitrogens with zero attached hydrogens (tertiary/aromatic N) is 3. The van der Waals surface area contributed by atoms with Gasteiger partial charge in [-0.15, -0.1) is 0 Å². The van der Waals surface area contributed by atoms with Gasteiger partial charge in [-0.3, -0.25) is 10.1 Å². The predicted molar refractivity (Wildman–Crippen MR) is 67.2 cm³/mol. The summed E-state index contributed by atoms with van der Waals surface area (Å²) in [5.41, 5.74) is -0.954. The predicted octanol–water partition coefficient (Wildman–Crippen LogP) is 0.992. The molecule has 2 N–H and O–H groups in total. The van der Waals surface area contributed by atoms with Crippen molar-refractivity contribution in [2.75, 3.05) is 25.1 Å². The van der Waals surface area contributed by atoms with Crippen molar-refractivity contribution < 1.29 is 14.8 Å². The van der Waals surface area contributed by atoms with Gasteiger partial charge in [-0.1, -0.05) is 0 Å². The normalized spacial score (nSPS) is 18.0. The number of nitrogens with one attached hydrogen (secondary N) is 1. The summed E-state index contributed by atoms with van der Waals surface area (Å²) in [5.74, 6) is 0.0148. The van der Waals surface area contributed by atoms with Crippen molar-refractivity contribution in [2.45, 2.75) is 18.4 Å². The second-order valence-electron chi connectivity index (χ2n) is 4.31. The van der Waals surface area contributed by atoms with Gasteiger partial charge in [0, 0.05) is 13.2 Å². The Labute approximate surface area is 113 Å². The number of ether oxygens (including phenoxy) is 1. The third kappa shape index (κ3) is 3.09. The molecule has 1 aromatic rings. The van der Waals surface area contributed by atoms with E-state index < -0.39 is 10.5 Å². The molecular weight excluding hydrogens is 276 g/mol. The van der Waals surface area contributed by atoms with Gasteiger partial charge in [0.05, 0.1) is 17.1 Å². The van der Waals surface area contributed by atoms with Crippen LogP contribution >= 0.6 is 11.6 Å². The molecule has 0 aliphatic carbocycles. The zero-order chi connectivity index (χ0) is 13.9. The van der Waals surface area contributed by atoms with Gasteiger partial charge in [0.1, 0.15) is 6.20 Å². The van der Waals surface area contributed by atoms with Crippen LogP contribution in [0.5, 0.6) is 0 Å². The zero-order valence-electron chi connectivity index (χ0n) is 10.0. The Morgan fingerprint density at radius 1 is 1.58 bits per heavy atom. The summed E-state index contributed by atoms with van der Waals surface area (Å²) < 4.78 is 5.22. The van der Waals surface area contributed by atoms with E-state index in [0.29, 0.717) is 26.1 Å².